The first-order chi connectivity index (χ1) is 14.2. The molecule has 0 fully saturated rings. The number of fused-ring (bicyclic) bond motifs is 1. The molecule has 5 heteroatoms. The second-order valence-electron chi connectivity index (χ2n) is 6.97. The van der Waals surface area contributed by atoms with Gasteiger partial charge in [-0.2, -0.15) is 0 Å². The molecule has 0 aliphatic rings. The number of aromatic amines is 1. The average Bonchev–Trinajstić information content (AvgIpc) is 3.16. The highest BCUT2D eigenvalue weighted by molar-refractivity contribution is 5.74. The fraction of sp³-hybridized carbons (Fsp3) is 0.208. The van der Waals surface area contributed by atoms with Gasteiger partial charge in [0.05, 0.1) is 24.7 Å². The van der Waals surface area contributed by atoms with Gasteiger partial charge in [0.2, 0.25) is 0 Å². The number of imidazole rings is 1. The lowest BCUT2D eigenvalue weighted by molar-refractivity contribution is 0.280. The zero-order valence-corrected chi connectivity index (χ0v) is 16.7. The molecule has 0 radical (unpaired) electrons. The molecule has 0 saturated carbocycles. The number of methoxy groups -OCH3 is 1. The van der Waals surface area contributed by atoms with E-state index in [-0.39, 0.29) is 0 Å². The highest BCUT2D eigenvalue weighted by Crippen LogP contribution is 2.32. The number of hydrogen-bond acceptors (Lipinski definition) is 4. The van der Waals surface area contributed by atoms with Gasteiger partial charge in [-0.25, -0.2) is 4.98 Å². The zero-order chi connectivity index (χ0) is 20.1. The molecule has 0 atom stereocenters. The van der Waals surface area contributed by atoms with Crippen LogP contribution < -0.4 is 14.8 Å². The van der Waals surface area contributed by atoms with Crippen molar-refractivity contribution in [1.29, 1.82) is 0 Å². The van der Waals surface area contributed by atoms with Crippen molar-refractivity contribution in [3.05, 3.63) is 89.2 Å². The number of hydrogen-bond donors (Lipinski definition) is 2. The van der Waals surface area contributed by atoms with Crippen molar-refractivity contribution < 1.29 is 9.47 Å². The van der Waals surface area contributed by atoms with Gasteiger partial charge < -0.3 is 19.8 Å². The fourth-order valence-electron chi connectivity index (χ4n) is 3.35. The number of H-pyrrole nitrogens is 1. The molecule has 29 heavy (non-hydrogen) atoms. The van der Waals surface area contributed by atoms with E-state index in [1.54, 1.807) is 7.11 Å². The van der Waals surface area contributed by atoms with Gasteiger partial charge in [-0.1, -0.05) is 48.5 Å². The summed E-state index contributed by atoms with van der Waals surface area (Å²) in [5.74, 6) is 2.42. The molecule has 1 aromatic heterocycles. The van der Waals surface area contributed by atoms with Crippen molar-refractivity contribution in [3.63, 3.8) is 0 Å². The van der Waals surface area contributed by atoms with Crippen LogP contribution >= 0.6 is 0 Å². The van der Waals surface area contributed by atoms with Crippen LogP contribution in [-0.4, -0.2) is 17.1 Å². The molecular weight excluding hydrogens is 362 g/mol. The minimum Gasteiger partial charge on any atom is -0.493 e. The van der Waals surface area contributed by atoms with Crippen molar-refractivity contribution >= 4 is 11.0 Å². The van der Waals surface area contributed by atoms with E-state index >= 15 is 0 Å². The van der Waals surface area contributed by atoms with Crippen LogP contribution in [0.3, 0.4) is 0 Å². The summed E-state index contributed by atoms with van der Waals surface area (Å²) in [7, 11) is 1.67. The SMILES string of the molecule is COc1cccc(CNCc2nc3ccccc3[nH]2)c1OCc1ccccc1C. The Labute approximate surface area is 170 Å². The average molecular weight is 387 g/mol. The quantitative estimate of drug-likeness (QED) is 0.458. The van der Waals surface area contributed by atoms with E-state index in [1.165, 1.54) is 11.1 Å². The predicted molar refractivity (Wildman–Crippen MR) is 115 cm³/mol. The van der Waals surface area contributed by atoms with E-state index in [1.807, 2.05) is 48.5 Å². The van der Waals surface area contributed by atoms with E-state index < -0.39 is 0 Å². The number of benzene rings is 3. The second kappa shape index (κ2) is 8.80. The summed E-state index contributed by atoms with van der Waals surface area (Å²) in [4.78, 5) is 7.95. The van der Waals surface area contributed by atoms with Gasteiger partial charge in [0.15, 0.2) is 11.5 Å². The topological polar surface area (TPSA) is 59.2 Å². The Morgan fingerprint density at radius 3 is 2.52 bits per heavy atom. The molecule has 0 unspecified atom stereocenters. The van der Waals surface area contributed by atoms with Crippen LogP contribution in [0.2, 0.25) is 0 Å². The van der Waals surface area contributed by atoms with Gasteiger partial charge in [-0.3, -0.25) is 0 Å². The molecule has 5 nitrogen and oxygen atoms in total. The first kappa shape index (κ1) is 19.0. The van der Waals surface area contributed by atoms with Crippen molar-refractivity contribution in [2.45, 2.75) is 26.6 Å². The van der Waals surface area contributed by atoms with Crippen LogP contribution in [0.5, 0.6) is 11.5 Å². The monoisotopic (exact) mass is 387 g/mol. The fourth-order valence-corrected chi connectivity index (χ4v) is 3.35. The number of nitrogens with one attached hydrogen (secondary N) is 2. The largest absolute Gasteiger partial charge is 0.493 e. The van der Waals surface area contributed by atoms with Crippen molar-refractivity contribution in [3.8, 4) is 11.5 Å². The molecule has 4 aromatic rings. The summed E-state index contributed by atoms with van der Waals surface area (Å²) in [5.41, 5.74) is 5.46. The molecule has 148 valence electrons. The van der Waals surface area contributed by atoms with Gasteiger partial charge in [0, 0.05) is 12.1 Å². The van der Waals surface area contributed by atoms with Gasteiger partial charge in [-0.15, -0.1) is 0 Å². The van der Waals surface area contributed by atoms with Crippen LogP contribution in [0.15, 0.2) is 66.7 Å². The molecule has 0 aliphatic carbocycles. The summed E-state index contributed by atoms with van der Waals surface area (Å²) >= 11 is 0. The molecule has 3 aromatic carbocycles. The summed E-state index contributed by atoms with van der Waals surface area (Å²) in [6.45, 7) is 3.89. The molecule has 0 spiro atoms. The Morgan fingerprint density at radius 2 is 1.69 bits per heavy atom. The predicted octanol–water partition coefficient (Wildman–Crippen LogP) is 4.75. The minimum atomic E-state index is 0.504. The molecule has 4 rings (SSSR count). The lowest BCUT2D eigenvalue weighted by atomic mass is 10.1. The Morgan fingerprint density at radius 1 is 0.897 bits per heavy atom. The van der Waals surface area contributed by atoms with E-state index in [9.17, 15) is 0 Å². The van der Waals surface area contributed by atoms with Gasteiger partial charge in [0.25, 0.3) is 0 Å². The van der Waals surface area contributed by atoms with Gasteiger partial charge >= 0.3 is 0 Å². The molecule has 0 saturated heterocycles. The van der Waals surface area contributed by atoms with Gasteiger partial charge in [0.1, 0.15) is 12.4 Å². The normalized spacial score (nSPS) is 11.0. The van der Waals surface area contributed by atoms with Crippen molar-refractivity contribution in [2.24, 2.45) is 0 Å². The number of aryl methyl sites for hydroxylation is 1. The third-order valence-corrected chi connectivity index (χ3v) is 4.96. The van der Waals surface area contributed by atoms with Crippen molar-refractivity contribution in [1.82, 2.24) is 15.3 Å². The number of ether oxygens (including phenoxy) is 2. The highest BCUT2D eigenvalue weighted by atomic mass is 16.5. The Balaban J connectivity index is 1.45. The summed E-state index contributed by atoms with van der Waals surface area (Å²) < 4.78 is 11.7. The first-order valence-electron chi connectivity index (χ1n) is 9.72. The van der Waals surface area contributed by atoms with Crippen LogP contribution in [0.4, 0.5) is 0 Å². The minimum absolute atomic E-state index is 0.504. The standard InChI is InChI=1S/C24H25N3O2/c1-17-8-3-4-9-19(17)16-29-24-18(10-7-13-22(24)28-2)14-25-15-23-26-20-11-5-6-12-21(20)27-23/h3-13,25H,14-16H2,1-2H3,(H,26,27). The Kier molecular flexibility index (Phi) is 5.77. The molecule has 0 aliphatic heterocycles. The maximum Gasteiger partial charge on any atom is 0.166 e. The smallest absolute Gasteiger partial charge is 0.166 e. The van der Waals surface area contributed by atoms with Crippen molar-refractivity contribution in [2.75, 3.05) is 7.11 Å². The molecule has 2 N–H and O–H groups in total. The summed E-state index contributed by atoms with van der Waals surface area (Å²) in [5, 5.41) is 3.45. The maximum absolute atomic E-state index is 6.19. The zero-order valence-electron chi connectivity index (χ0n) is 16.7. The van der Waals surface area contributed by atoms with Crippen LogP contribution in [0.25, 0.3) is 11.0 Å². The Hall–Kier alpha value is -3.31. The van der Waals surface area contributed by atoms with E-state index in [0.29, 0.717) is 19.7 Å². The third kappa shape index (κ3) is 4.41. The molecule has 0 amide bonds. The molecule has 0 bridgehead atoms. The molecule has 1 heterocycles. The van der Waals surface area contributed by atoms with Gasteiger partial charge in [-0.05, 0) is 36.2 Å². The van der Waals surface area contributed by atoms with E-state index in [0.717, 1.165) is 33.9 Å². The number of rotatable bonds is 8. The van der Waals surface area contributed by atoms with Crippen LogP contribution in [0.1, 0.15) is 22.5 Å². The number of nitrogens with zero attached hydrogens (tertiary/aromatic N) is 1. The summed E-state index contributed by atoms with van der Waals surface area (Å²) in [6.07, 6.45) is 0. The summed E-state index contributed by atoms with van der Waals surface area (Å²) in [6, 6.07) is 22.3. The number of aromatic nitrogens is 2. The highest BCUT2D eigenvalue weighted by Gasteiger charge is 2.12. The van der Waals surface area contributed by atoms with Crippen LogP contribution in [-0.2, 0) is 19.7 Å². The number of para-hydroxylation sites is 3. The first-order valence-corrected chi connectivity index (χ1v) is 9.72. The van der Waals surface area contributed by atoms with E-state index in [4.69, 9.17) is 9.47 Å². The lowest BCUT2D eigenvalue weighted by Gasteiger charge is -2.16. The van der Waals surface area contributed by atoms with E-state index in [2.05, 4.69) is 40.4 Å². The Bertz CT molecular complexity index is 1070. The molecular formula is C24H25N3O2. The second-order valence-corrected chi connectivity index (χ2v) is 6.97. The van der Waals surface area contributed by atoms with Crippen LogP contribution in [0, 0.1) is 6.92 Å². The maximum atomic E-state index is 6.19. The lowest BCUT2D eigenvalue weighted by Crippen LogP contribution is -2.15. The third-order valence-electron chi connectivity index (χ3n) is 4.96.